The van der Waals surface area contributed by atoms with Crippen molar-refractivity contribution < 1.29 is 42.1 Å². The molecule has 0 radical (unpaired) electrons. The summed E-state index contributed by atoms with van der Waals surface area (Å²) in [7, 11) is 0. The number of anilines is 2. The molecule has 12 nitrogen and oxygen atoms in total. The highest BCUT2D eigenvalue weighted by atomic mass is 32.1. The van der Waals surface area contributed by atoms with Crippen LogP contribution in [-0.4, -0.2) is 88.7 Å². The Labute approximate surface area is 251 Å². The first-order valence-corrected chi connectivity index (χ1v) is 14.5. The van der Waals surface area contributed by atoms with Gasteiger partial charge in [0.15, 0.2) is 11.9 Å². The van der Waals surface area contributed by atoms with Gasteiger partial charge in [-0.15, -0.1) is 0 Å². The number of amides is 3. The summed E-state index contributed by atoms with van der Waals surface area (Å²) in [4.78, 5) is 46.3. The zero-order chi connectivity index (χ0) is 31.1. The quantitative estimate of drug-likeness (QED) is 0.463. The summed E-state index contributed by atoms with van der Waals surface area (Å²) in [6.07, 6.45) is 0.0571. The van der Waals surface area contributed by atoms with Crippen molar-refractivity contribution in [3.8, 4) is 0 Å². The molecule has 43 heavy (non-hydrogen) atoms. The van der Waals surface area contributed by atoms with E-state index in [9.17, 15) is 14.4 Å². The van der Waals surface area contributed by atoms with Gasteiger partial charge in [0, 0.05) is 30.2 Å². The Morgan fingerprint density at radius 1 is 1.23 bits per heavy atom. The molecule has 3 aliphatic heterocycles. The molecule has 3 amide bonds. The molecule has 0 bridgehead atoms. The van der Waals surface area contributed by atoms with Crippen LogP contribution >= 0.6 is 11.5 Å². The first-order chi connectivity index (χ1) is 20.2. The number of carbonyl (C=O) groups is 3. The number of ether oxygens (including phenoxy) is 4. The number of hydrogen-bond donors (Lipinski definition) is 0. The molecule has 1 aromatic heterocycles. The van der Waals surface area contributed by atoms with Crippen molar-refractivity contribution >= 4 is 46.0 Å². The van der Waals surface area contributed by atoms with E-state index in [0.717, 1.165) is 28.6 Å². The van der Waals surface area contributed by atoms with E-state index < -0.39 is 47.4 Å². The van der Waals surface area contributed by atoms with Crippen molar-refractivity contribution in [1.29, 1.82) is 0 Å². The SMILES string of the molecule is CC(C)(C)OC(=O)N(C[C@H]1CN(c2cc(F)c(C3=CCN(C(=O)[C@@H]4COC(C)(C)O4)CC3)c(F)c2)C(=O)O1)c1ncns1. The molecule has 0 aliphatic carbocycles. The van der Waals surface area contributed by atoms with Gasteiger partial charge < -0.3 is 23.8 Å². The molecular weight excluding hydrogens is 588 g/mol. The Balaban J connectivity index is 1.26. The number of halogens is 2. The van der Waals surface area contributed by atoms with Crippen molar-refractivity contribution in [2.24, 2.45) is 0 Å². The fourth-order valence-electron chi connectivity index (χ4n) is 5.00. The van der Waals surface area contributed by atoms with Gasteiger partial charge >= 0.3 is 12.2 Å². The molecule has 0 N–H and O–H groups in total. The van der Waals surface area contributed by atoms with Crippen molar-refractivity contribution in [1.82, 2.24) is 14.3 Å². The van der Waals surface area contributed by atoms with Crippen LogP contribution in [0.15, 0.2) is 24.5 Å². The van der Waals surface area contributed by atoms with Gasteiger partial charge in [0.1, 0.15) is 29.7 Å². The van der Waals surface area contributed by atoms with Crippen LogP contribution < -0.4 is 9.80 Å². The summed E-state index contributed by atoms with van der Waals surface area (Å²) in [5.41, 5.74) is -0.608. The standard InChI is InChI=1S/C28H33F2N5O7S/c1-27(2,3)42-26(38)35(24-31-15-32-43-24)13-18-12-34(25(37)40-18)17-10-19(29)22(20(30)11-17)16-6-8-33(9-7-16)23(36)21-14-39-28(4,5)41-21/h6,10-11,15,18,21H,7-9,12-14H2,1-5H3/t18-,21+/m1/s1. The van der Waals surface area contributed by atoms with Gasteiger partial charge in [-0.25, -0.2) is 28.3 Å². The molecule has 1 aromatic carbocycles. The van der Waals surface area contributed by atoms with Gasteiger partial charge in [-0.3, -0.25) is 9.69 Å². The largest absolute Gasteiger partial charge is 0.443 e. The lowest BCUT2D eigenvalue weighted by molar-refractivity contribution is -0.159. The molecule has 2 aromatic rings. The summed E-state index contributed by atoms with van der Waals surface area (Å²) >= 11 is 0.965. The zero-order valence-corrected chi connectivity index (χ0v) is 25.3. The Morgan fingerprint density at radius 2 is 1.95 bits per heavy atom. The fourth-order valence-corrected chi connectivity index (χ4v) is 5.53. The first kappa shape index (κ1) is 30.8. The molecule has 2 saturated heterocycles. The third-order valence-corrected chi connectivity index (χ3v) is 7.61. The molecular formula is C28H33F2N5O7S. The lowest BCUT2D eigenvalue weighted by Gasteiger charge is -2.29. The maximum absolute atomic E-state index is 15.4. The van der Waals surface area contributed by atoms with Crippen LogP contribution in [0.25, 0.3) is 5.57 Å². The molecule has 0 unspecified atom stereocenters. The Bertz CT molecular complexity index is 1410. The molecule has 5 rings (SSSR count). The molecule has 3 aliphatic rings. The second-order valence-corrected chi connectivity index (χ2v) is 12.6. The van der Waals surface area contributed by atoms with Gasteiger partial charge in [-0.2, -0.15) is 4.37 Å². The van der Waals surface area contributed by atoms with Crippen molar-refractivity contribution in [2.75, 3.05) is 42.6 Å². The highest BCUT2D eigenvalue weighted by Gasteiger charge is 2.40. The summed E-state index contributed by atoms with van der Waals surface area (Å²) in [6.45, 7) is 8.99. The predicted octanol–water partition coefficient (Wildman–Crippen LogP) is 4.35. The van der Waals surface area contributed by atoms with E-state index in [4.69, 9.17) is 18.9 Å². The highest BCUT2D eigenvalue weighted by Crippen LogP contribution is 2.33. The van der Waals surface area contributed by atoms with E-state index >= 15 is 8.78 Å². The van der Waals surface area contributed by atoms with Crippen LogP contribution in [0, 0.1) is 11.6 Å². The molecule has 2 atom stereocenters. The van der Waals surface area contributed by atoms with Crippen LogP contribution in [0.4, 0.5) is 29.2 Å². The van der Waals surface area contributed by atoms with Crippen LogP contribution in [0.5, 0.6) is 0 Å². The number of benzene rings is 1. The number of carbonyl (C=O) groups excluding carboxylic acids is 3. The highest BCUT2D eigenvalue weighted by molar-refractivity contribution is 7.09. The molecule has 0 saturated carbocycles. The summed E-state index contributed by atoms with van der Waals surface area (Å²) in [6, 6.07) is 2.14. The van der Waals surface area contributed by atoms with E-state index in [1.807, 2.05) is 0 Å². The average Bonchev–Trinajstić information content (AvgIpc) is 3.66. The number of aromatic nitrogens is 2. The molecule has 232 valence electrons. The van der Waals surface area contributed by atoms with E-state index in [2.05, 4.69) is 9.36 Å². The minimum Gasteiger partial charge on any atom is -0.443 e. The van der Waals surface area contributed by atoms with E-state index in [1.165, 1.54) is 11.2 Å². The van der Waals surface area contributed by atoms with Crippen molar-refractivity contribution in [3.63, 3.8) is 0 Å². The number of rotatable bonds is 6. The van der Waals surface area contributed by atoms with Crippen LogP contribution in [0.1, 0.15) is 46.6 Å². The maximum Gasteiger partial charge on any atom is 0.416 e. The van der Waals surface area contributed by atoms with E-state index in [0.29, 0.717) is 5.57 Å². The lowest BCUT2D eigenvalue weighted by atomic mass is 9.97. The zero-order valence-electron chi connectivity index (χ0n) is 24.5. The fraction of sp³-hybridized carbons (Fsp3) is 0.536. The predicted molar refractivity (Wildman–Crippen MR) is 152 cm³/mol. The van der Waals surface area contributed by atoms with Crippen molar-refractivity contribution in [3.05, 3.63) is 41.7 Å². The normalized spacial score (nSPS) is 21.9. The number of cyclic esters (lactones) is 1. The minimum atomic E-state index is -0.851. The summed E-state index contributed by atoms with van der Waals surface area (Å²) in [5.74, 6) is -2.79. The maximum atomic E-state index is 15.4. The second kappa shape index (κ2) is 11.8. The van der Waals surface area contributed by atoms with Gasteiger partial charge in [0.05, 0.1) is 25.4 Å². The Hall–Kier alpha value is -3.69. The average molecular weight is 622 g/mol. The van der Waals surface area contributed by atoms with Crippen LogP contribution in [0.3, 0.4) is 0 Å². The summed E-state index contributed by atoms with van der Waals surface area (Å²) < 4.78 is 56.6. The molecule has 2 fully saturated rings. The molecule has 4 heterocycles. The van der Waals surface area contributed by atoms with E-state index in [-0.39, 0.29) is 61.5 Å². The van der Waals surface area contributed by atoms with Gasteiger partial charge in [-0.1, -0.05) is 6.08 Å². The Kier molecular flexibility index (Phi) is 8.42. The van der Waals surface area contributed by atoms with Gasteiger partial charge in [0.25, 0.3) is 5.91 Å². The third-order valence-electron chi connectivity index (χ3n) is 6.92. The second-order valence-electron chi connectivity index (χ2n) is 11.8. The smallest absolute Gasteiger partial charge is 0.416 e. The number of nitrogens with zero attached hydrogens (tertiary/aromatic N) is 5. The topological polar surface area (TPSA) is 124 Å². The number of hydrogen-bond acceptors (Lipinski definition) is 10. The molecule has 15 heteroatoms. The monoisotopic (exact) mass is 621 g/mol. The summed E-state index contributed by atoms with van der Waals surface area (Å²) in [5, 5.41) is 0.249. The molecule has 0 spiro atoms. The van der Waals surface area contributed by atoms with Crippen LogP contribution in [-0.2, 0) is 23.7 Å². The lowest BCUT2D eigenvalue weighted by Crippen LogP contribution is -2.43. The minimum absolute atomic E-state index is 0.0276. The van der Waals surface area contributed by atoms with Gasteiger partial charge in [-0.05, 0) is 58.7 Å². The van der Waals surface area contributed by atoms with Crippen LogP contribution in [0.2, 0.25) is 0 Å². The third kappa shape index (κ3) is 6.94. The Morgan fingerprint density at radius 3 is 2.51 bits per heavy atom. The first-order valence-electron chi connectivity index (χ1n) is 13.7. The van der Waals surface area contributed by atoms with E-state index in [1.54, 1.807) is 45.6 Å². The van der Waals surface area contributed by atoms with Crippen molar-refractivity contribution in [2.45, 2.75) is 64.6 Å². The van der Waals surface area contributed by atoms with Gasteiger partial charge in [0.2, 0.25) is 5.13 Å².